The SMILES string of the molecule is COc1ccc(CNC(=O)CN2CCc3ccccc32)cc1OC. The van der Waals surface area contributed by atoms with Gasteiger partial charge in [0.2, 0.25) is 5.91 Å². The van der Waals surface area contributed by atoms with Crippen molar-refractivity contribution in [2.24, 2.45) is 0 Å². The highest BCUT2D eigenvalue weighted by molar-refractivity contribution is 5.82. The van der Waals surface area contributed by atoms with E-state index in [4.69, 9.17) is 9.47 Å². The van der Waals surface area contributed by atoms with Gasteiger partial charge in [0.25, 0.3) is 0 Å². The molecule has 126 valence electrons. The van der Waals surface area contributed by atoms with E-state index in [0.717, 1.165) is 18.5 Å². The molecule has 0 unspecified atom stereocenters. The minimum Gasteiger partial charge on any atom is -0.493 e. The van der Waals surface area contributed by atoms with E-state index in [1.807, 2.05) is 30.3 Å². The lowest BCUT2D eigenvalue weighted by molar-refractivity contribution is -0.119. The quantitative estimate of drug-likeness (QED) is 0.885. The maximum Gasteiger partial charge on any atom is 0.239 e. The molecule has 1 aliphatic heterocycles. The third kappa shape index (κ3) is 3.45. The fraction of sp³-hybridized carbons (Fsp3) is 0.316. The number of methoxy groups -OCH3 is 2. The second-order valence-electron chi connectivity index (χ2n) is 5.77. The Morgan fingerprint density at radius 2 is 1.92 bits per heavy atom. The molecule has 1 N–H and O–H groups in total. The Kier molecular flexibility index (Phi) is 4.89. The Morgan fingerprint density at radius 3 is 2.71 bits per heavy atom. The summed E-state index contributed by atoms with van der Waals surface area (Å²) in [5.41, 5.74) is 3.45. The highest BCUT2D eigenvalue weighted by atomic mass is 16.5. The van der Waals surface area contributed by atoms with Crippen molar-refractivity contribution in [3.8, 4) is 11.5 Å². The molecule has 3 rings (SSSR count). The predicted octanol–water partition coefficient (Wildman–Crippen LogP) is 2.38. The highest BCUT2D eigenvalue weighted by Gasteiger charge is 2.20. The fourth-order valence-electron chi connectivity index (χ4n) is 2.99. The number of ether oxygens (including phenoxy) is 2. The van der Waals surface area contributed by atoms with Gasteiger partial charge < -0.3 is 19.7 Å². The largest absolute Gasteiger partial charge is 0.493 e. The van der Waals surface area contributed by atoms with Crippen LogP contribution in [0.4, 0.5) is 5.69 Å². The van der Waals surface area contributed by atoms with Crippen molar-refractivity contribution in [1.82, 2.24) is 5.32 Å². The van der Waals surface area contributed by atoms with Crippen molar-refractivity contribution in [3.05, 3.63) is 53.6 Å². The van der Waals surface area contributed by atoms with Gasteiger partial charge in [-0.1, -0.05) is 24.3 Å². The third-order valence-corrected chi connectivity index (χ3v) is 4.26. The van der Waals surface area contributed by atoms with Gasteiger partial charge in [-0.15, -0.1) is 0 Å². The zero-order valence-corrected chi connectivity index (χ0v) is 14.0. The van der Waals surface area contributed by atoms with Crippen LogP contribution in [-0.2, 0) is 17.8 Å². The predicted molar refractivity (Wildman–Crippen MR) is 93.8 cm³/mol. The van der Waals surface area contributed by atoms with Gasteiger partial charge in [0.05, 0.1) is 20.8 Å². The summed E-state index contributed by atoms with van der Waals surface area (Å²) in [7, 11) is 3.21. The topological polar surface area (TPSA) is 50.8 Å². The molecule has 0 saturated heterocycles. The molecule has 1 heterocycles. The molecule has 2 aromatic rings. The van der Waals surface area contributed by atoms with Gasteiger partial charge in [-0.2, -0.15) is 0 Å². The molecular weight excluding hydrogens is 304 g/mol. The molecule has 0 spiro atoms. The molecule has 5 nitrogen and oxygen atoms in total. The first kappa shape index (κ1) is 16.2. The lowest BCUT2D eigenvalue weighted by Gasteiger charge is -2.19. The number of hydrogen-bond acceptors (Lipinski definition) is 4. The molecule has 0 atom stereocenters. The van der Waals surface area contributed by atoms with E-state index >= 15 is 0 Å². The normalized spacial score (nSPS) is 12.7. The van der Waals surface area contributed by atoms with Crippen molar-refractivity contribution in [3.63, 3.8) is 0 Å². The summed E-state index contributed by atoms with van der Waals surface area (Å²) in [6.45, 7) is 1.74. The first-order valence-corrected chi connectivity index (χ1v) is 8.01. The Morgan fingerprint density at radius 1 is 1.12 bits per heavy atom. The molecule has 0 aromatic heterocycles. The molecule has 2 aromatic carbocycles. The van der Waals surface area contributed by atoms with Gasteiger partial charge in [-0.25, -0.2) is 0 Å². The van der Waals surface area contributed by atoms with Crippen LogP contribution in [-0.4, -0.2) is 33.2 Å². The van der Waals surface area contributed by atoms with Crippen LogP contribution < -0.4 is 19.7 Å². The van der Waals surface area contributed by atoms with E-state index in [0.29, 0.717) is 24.6 Å². The number of carbonyl (C=O) groups is 1. The monoisotopic (exact) mass is 326 g/mol. The van der Waals surface area contributed by atoms with Gasteiger partial charge in [0.15, 0.2) is 11.5 Å². The molecule has 24 heavy (non-hydrogen) atoms. The van der Waals surface area contributed by atoms with Crippen molar-refractivity contribution in [2.75, 3.05) is 32.2 Å². The van der Waals surface area contributed by atoms with E-state index in [-0.39, 0.29) is 5.91 Å². The van der Waals surface area contributed by atoms with Gasteiger partial charge >= 0.3 is 0 Å². The molecule has 0 aliphatic carbocycles. The van der Waals surface area contributed by atoms with E-state index in [2.05, 4.69) is 22.3 Å². The summed E-state index contributed by atoms with van der Waals surface area (Å²) < 4.78 is 10.5. The second-order valence-corrected chi connectivity index (χ2v) is 5.77. The molecular formula is C19H22N2O3. The van der Waals surface area contributed by atoms with E-state index in [1.165, 1.54) is 11.3 Å². The molecule has 0 bridgehead atoms. The van der Waals surface area contributed by atoms with Gasteiger partial charge in [0.1, 0.15) is 0 Å². The van der Waals surface area contributed by atoms with Crippen LogP contribution in [0.3, 0.4) is 0 Å². The number of rotatable bonds is 6. The van der Waals surface area contributed by atoms with Gasteiger partial charge in [0, 0.05) is 18.8 Å². The van der Waals surface area contributed by atoms with Crippen LogP contribution in [0.2, 0.25) is 0 Å². The van der Waals surface area contributed by atoms with Crippen LogP contribution in [0, 0.1) is 0 Å². The zero-order chi connectivity index (χ0) is 16.9. The third-order valence-electron chi connectivity index (χ3n) is 4.26. The minimum atomic E-state index is 0.0153. The number of nitrogens with zero attached hydrogens (tertiary/aromatic N) is 1. The average Bonchev–Trinajstić information content (AvgIpc) is 3.02. The summed E-state index contributed by atoms with van der Waals surface area (Å²) >= 11 is 0. The van der Waals surface area contributed by atoms with Crippen LogP contribution in [0.1, 0.15) is 11.1 Å². The van der Waals surface area contributed by atoms with Crippen LogP contribution >= 0.6 is 0 Å². The lowest BCUT2D eigenvalue weighted by atomic mass is 10.2. The summed E-state index contributed by atoms with van der Waals surface area (Å²) in [6.07, 6.45) is 0.999. The van der Waals surface area contributed by atoms with Crippen molar-refractivity contribution in [2.45, 2.75) is 13.0 Å². The summed E-state index contributed by atoms with van der Waals surface area (Å²) in [6, 6.07) is 13.9. The second kappa shape index (κ2) is 7.25. The number of carbonyl (C=O) groups excluding carboxylic acids is 1. The van der Waals surface area contributed by atoms with Crippen molar-refractivity contribution < 1.29 is 14.3 Å². The first-order chi connectivity index (χ1) is 11.7. The van der Waals surface area contributed by atoms with Gasteiger partial charge in [-0.05, 0) is 35.7 Å². The Hall–Kier alpha value is -2.69. The van der Waals surface area contributed by atoms with Crippen LogP contribution in [0.15, 0.2) is 42.5 Å². The number of amides is 1. The van der Waals surface area contributed by atoms with Crippen molar-refractivity contribution >= 4 is 11.6 Å². The number of anilines is 1. The molecule has 0 saturated carbocycles. The van der Waals surface area contributed by atoms with Crippen molar-refractivity contribution in [1.29, 1.82) is 0 Å². The maximum atomic E-state index is 12.3. The minimum absolute atomic E-state index is 0.0153. The van der Waals surface area contributed by atoms with E-state index < -0.39 is 0 Å². The average molecular weight is 326 g/mol. The molecule has 1 amide bonds. The standard InChI is InChI=1S/C19H22N2O3/c1-23-17-8-7-14(11-18(17)24-2)12-20-19(22)13-21-10-9-15-5-3-4-6-16(15)21/h3-8,11H,9-10,12-13H2,1-2H3,(H,20,22). The molecule has 1 aliphatic rings. The Balaban J connectivity index is 1.57. The Bertz CT molecular complexity index is 730. The van der Waals surface area contributed by atoms with Crippen LogP contribution in [0.5, 0.6) is 11.5 Å². The van der Waals surface area contributed by atoms with E-state index in [9.17, 15) is 4.79 Å². The Labute approximate surface area is 142 Å². The fourth-order valence-corrected chi connectivity index (χ4v) is 2.99. The smallest absolute Gasteiger partial charge is 0.239 e. The van der Waals surface area contributed by atoms with E-state index in [1.54, 1.807) is 14.2 Å². The zero-order valence-electron chi connectivity index (χ0n) is 14.0. The number of para-hydroxylation sites is 1. The van der Waals surface area contributed by atoms with Gasteiger partial charge in [-0.3, -0.25) is 4.79 Å². The highest BCUT2D eigenvalue weighted by Crippen LogP contribution is 2.28. The number of benzene rings is 2. The molecule has 5 heteroatoms. The molecule has 0 radical (unpaired) electrons. The maximum absolute atomic E-state index is 12.3. The number of fused-ring (bicyclic) bond motifs is 1. The molecule has 0 fully saturated rings. The number of nitrogens with one attached hydrogen (secondary N) is 1. The van der Waals surface area contributed by atoms with Crippen LogP contribution in [0.25, 0.3) is 0 Å². The summed E-state index contributed by atoms with van der Waals surface area (Å²) in [4.78, 5) is 14.4. The lowest BCUT2D eigenvalue weighted by Crippen LogP contribution is -2.36. The number of hydrogen-bond donors (Lipinski definition) is 1. The first-order valence-electron chi connectivity index (χ1n) is 8.01. The summed E-state index contributed by atoms with van der Waals surface area (Å²) in [5, 5.41) is 2.97. The summed E-state index contributed by atoms with van der Waals surface area (Å²) in [5.74, 6) is 1.36.